The number of benzene rings is 1. The van der Waals surface area contributed by atoms with Gasteiger partial charge >= 0.3 is 0 Å². The highest BCUT2D eigenvalue weighted by Crippen LogP contribution is 2.23. The van der Waals surface area contributed by atoms with Crippen LogP contribution in [0.2, 0.25) is 0 Å². The summed E-state index contributed by atoms with van der Waals surface area (Å²) in [4.78, 5) is 23.0. The molecule has 0 unspecified atom stereocenters. The fourth-order valence-corrected chi connectivity index (χ4v) is 5.14. The summed E-state index contributed by atoms with van der Waals surface area (Å²) in [6.45, 7) is 7.35. The van der Waals surface area contributed by atoms with Crippen LogP contribution >= 0.6 is 24.0 Å². The van der Waals surface area contributed by atoms with Crippen LogP contribution in [0.4, 0.5) is 5.69 Å². The number of nitrogens with one attached hydrogen (secondary N) is 1. The van der Waals surface area contributed by atoms with Crippen molar-refractivity contribution in [2.24, 2.45) is 4.99 Å². The monoisotopic (exact) mass is 549 g/mol. The van der Waals surface area contributed by atoms with Crippen molar-refractivity contribution in [1.29, 1.82) is 0 Å². The zero-order valence-electron chi connectivity index (χ0n) is 17.9. The molecule has 2 fully saturated rings. The number of hydrogen-bond donors (Lipinski definition) is 1. The van der Waals surface area contributed by atoms with Crippen LogP contribution < -0.4 is 10.2 Å². The number of nitrogens with zero attached hydrogens (tertiary/aromatic N) is 4. The smallest absolute Gasteiger partial charge is 0.242 e. The van der Waals surface area contributed by atoms with E-state index in [4.69, 9.17) is 0 Å². The Hall–Kier alpha value is -1.56. The van der Waals surface area contributed by atoms with Crippen LogP contribution in [0.25, 0.3) is 0 Å². The predicted octanol–water partition coefficient (Wildman–Crippen LogP) is 1.04. The summed E-state index contributed by atoms with van der Waals surface area (Å²) in [7, 11) is -1.46. The first-order valence-corrected chi connectivity index (χ1v) is 11.6. The third kappa shape index (κ3) is 5.57. The molecule has 1 amide bonds. The summed E-state index contributed by atoms with van der Waals surface area (Å²) >= 11 is 0. The minimum Gasteiger partial charge on any atom is -0.368 e. The Bertz CT molecular complexity index is 852. The minimum absolute atomic E-state index is 0. The van der Waals surface area contributed by atoms with Gasteiger partial charge in [-0.3, -0.25) is 9.79 Å². The Labute approximate surface area is 196 Å². The van der Waals surface area contributed by atoms with Gasteiger partial charge in [0.1, 0.15) is 0 Å². The van der Waals surface area contributed by atoms with Crippen molar-refractivity contribution in [3.63, 3.8) is 0 Å². The van der Waals surface area contributed by atoms with Crippen molar-refractivity contribution in [1.82, 2.24) is 15.1 Å². The van der Waals surface area contributed by atoms with Gasteiger partial charge in [-0.2, -0.15) is 0 Å². The Morgan fingerprint density at radius 1 is 1.07 bits per heavy atom. The van der Waals surface area contributed by atoms with Gasteiger partial charge in [-0.25, -0.2) is 8.42 Å². The lowest BCUT2D eigenvalue weighted by molar-refractivity contribution is -0.130. The highest BCUT2D eigenvalue weighted by atomic mass is 127. The van der Waals surface area contributed by atoms with Crippen molar-refractivity contribution in [3.05, 3.63) is 30.3 Å². The molecule has 2 heterocycles. The van der Waals surface area contributed by atoms with Gasteiger partial charge in [0.2, 0.25) is 5.91 Å². The molecule has 8 nitrogen and oxygen atoms in total. The molecule has 1 N–H and O–H groups in total. The van der Waals surface area contributed by atoms with Crippen molar-refractivity contribution in [2.45, 2.75) is 18.6 Å². The normalized spacial score (nSPS) is 21.0. The average molecular weight is 549 g/mol. The molecular formula is C20H32IN5O3S. The van der Waals surface area contributed by atoms with E-state index in [1.54, 1.807) is 20.9 Å². The van der Waals surface area contributed by atoms with Crippen molar-refractivity contribution in [2.75, 3.05) is 63.5 Å². The Morgan fingerprint density at radius 3 is 2.27 bits per heavy atom. The van der Waals surface area contributed by atoms with E-state index >= 15 is 0 Å². The van der Waals surface area contributed by atoms with Crippen LogP contribution in [0.3, 0.4) is 0 Å². The number of aliphatic imine (C=N–C) groups is 1. The summed E-state index contributed by atoms with van der Waals surface area (Å²) < 4.78 is 23.6. The molecule has 0 aromatic heterocycles. The lowest BCUT2D eigenvalue weighted by Gasteiger charge is -2.39. The quantitative estimate of drug-likeness (QED) is 0.345. The fraction of sp³-hybridized carbons (Fsp3) is 0.600. The molecular weight excluding hydrogens is 517 g/mol. The SMILES string of the molecule is CN=C(NCC(=O)N1CCN(c2ccccc2)CC1)N1CCS(=O)(=O)C(C)(C)C1.I. The standard InChI is InChI=1S/C20H31N5O3S.HI/c1-20(2)16-25(13-14-29(20,27)28)19(21-3)22-15-18(26)24-11-9-23(10-12-24)17-7-5-4-6-8-17;/h4-8H,9-16H2,1-3H3,(H,21,22);1H. The fourth-order valence-electron chi connectivity index (χ4n) is 3.78. The maximum absolute atomic E-state index is 12.7. The van der Waals surface area contributed by atoms with Crippen molar-refractivity contribution < 1.29 is 13.2 Å². The van der Waals surface area contributed by atoms with Crippen molar-refractivity contribution >= 4 is 51.4 Å². The van der Waals surface area contributed by atoms with E-state index in [2.05, 4.69) is 27.3 Å². The number of anilines is 1. The first kappa shape index (κ1) is 24.7. The van der Waals surface area contributed by atoms with E-state index in [9.17, 15) is 13.2 Å². The van der Waals surface area contributed by atoms with Crippen molar-refractivity contribution in [3.8, 4) is 0 Å². The number of halogens is 1. The molecule has 2 aliphatic heterocycles. The number of guanidine groups is 1. The molecule has 0 saturated carbocycles. The summed E-state index contributed by atoms with van der Waals surface area (Å²) in [5.41, 5.74) is 1.18. The van der Waals surface area contributed by atoms with Crippen LogP contribution in [0, 0.1) is 0 Å². The number of carbonyl (C=O) groups is 1. The van der Waals surface area contributed by atoms with Gasteiger partial charge in [-0.1, -0.05) is 18.2 Å². The Balaban J connectivity index is 0.00000320. The third-order valence-electron chi connectivity index (χ3n) is 5.71. The van der Waals surface area contributed by atoms with E-state index < -0.39 is 14.6 Å². The maximum Gasteiger partial charge on any atom is 0.242 e. The number of amides is 1. The first-order chi connectivity index (χ1) is 13.7. The van der Waals surface area contributed by atoms with E-state index in [1.165, 1.54) is 5.69 Å². The van der Waals surface area contributed by atoms with Crippen LogP contribution in [0.1, 0.15) is 13.8 Å². The molecule has 0 radical (unpaired) electrons. The summed E-state index contributed by atoms with van der Waals surface area (Å²) in [6.07, 6.45) is 0. The molecule has 3 rings (SSSR count). The minimum atomic E-state index is -3.12. The maximum atomic E-state index is 12.7. The van der Waals surface area contributed by atoms with Gasteiger partial charge in [0, 0.05) is 52.0 Å². The molecule has 0 aliphatic carbocycles. The van der Waals surface area contributed by atoms with Gasteiger partial charge < -0.3 is 20.0 Å². The lowest BCUT2D eigenvalue weighted by atomic mass is 10.2. The van der Waals surface area contributed by atoms with Crippen LogP contribution in [0.15, 0.2) is 35.3 Å². The van der Waals surface area contributed by atoms with Gasteiger partial charge in [0.15, 0.2) is 15.8 Å². The summed E-state index contributed by atoms with van der Waals surface area (Å²) in [5, 5.41) is 3.12. The lowest BCUT2D eigenvalue weighted by Crippen LogP contribution is -2.58. The zero-order chi connectivity index (χ0) is 21.1. The van der Waals surface area contributed by atoms with Gasteiger partial charge in [0.05, 0.1) is 17.0 Å². The van der Waals surface area contributed by atoms with E-state index in [1.807, 2.05) is 28.0 Å². The second-order valence-corrected chi connectivity index (χ2v) is 10.8. The summed E-state index contributed by atoms with van der Waals surface area (Å²) in [5.74, 6) is 0.697. The largest absolute Gasteiger partial charge is 0.368 e. The van der Waals surface area contributed by atoms with Crippen LogP contribution in [-0.4, -0.2) is 93.4 Å². The number of rotatable bonds is 3. The predicted molar refractivity (Wildman–Crippen MR) is 131 cm³/mol. The highest BCUT2D eigenvalue weighted by Gasteiger charge is 2.41. The topological polar surface area (TPSA) is 85.3 Å². The number of piperazine rings is 1. The zero-order valence-corrected chi connectivity index (χ0v) is 21.0. The third-order valence-corrected chi connectivity index (χ3v) is 8.24. The Morgan fingerprint density at radius 2 is 1.70 bits per heavy atom. The summed E-state index contributed by atoms with van der Waals surface area (Å²) in [6, 6.07) is 10.2. The molecule has 0 bridgehead atoms. The highest BCUT2D eigenvalue weighted by molar-refractivity contribution is 14.0. The van der Waals surface area contributed by atoms with E-state index in [0.717, 1.165) is 13.1 Å². The average Bonchev–Trinajstić information content (AvgIpc) is 2.71. The van der Waals surface area contributed by atoms with Crippen LogP contribution in [0.5, 0.6) is 0 Å². The second-order valence-electron chi connectivity index (χ2n) is 8.10. The Kier molecular flexibility index (Phi) is 8.37. The van der Waals surface area contributed by atoms with Gasteiger partial charge in [0.25, 0.3) is 0 Å². The molecule has 2 saturated heterocycles. The molecule has 0 spiro atoms. The molecule has 2 aliphatic rings. The number of carbonyl (C=O) groups excluding carboxylic acids is 1. The van der Waals surface area contributed by atoms with E-state index in [-0.39, 0.29) is 42.2 Å². The molecule has 1 aromatic rings. The number of hydrogen-bond acceptors (Lipinski definition) is 5. The van der Waals surface area contributed by atoms with Gasteiger partial charge in [-0.05, 0) is 26.0 Å². The number of sulfone groups is 1. The molecule has 1 aromatic carbocycles. The number of para-hydroxylation sites is 1. The molecule has 30 heavy (non-hydrogen) atoms. The van der Waals surface area contributed by atoms with Gasteiger partial charge in [-0.15, -0.1) is 24.0 Å². The molecule has 10 heteroatoms. The molecule has 0 atom stereocenters. The second kappa shape index (κ2) is 10.2. The molecule has 168 valence electrons. The van der Waals surface area contributed by atoms with Crippen LogP contribution in [-0.2, 0) is 14.6 Å². The van der Waals surface area contributed by atoms with E-state index in [0.29, 0.717) is 32.1 Å². The first-order valence-electron chi connectivity index (χ1n) is 9.99.